The van der Waals surface area contributed by atoms with Crippen molar-refractivity contribution in [1.82, 2.24) is 5.32 Å². The molecule has 0 fully saturated rings. The molecule has 4 heteroatoms. The van der Waals surface area contributed by atoms with Crippen LogP contribution in [0.5, 0.6) is 0 Å². The highest BCUT2D eigenvalue weighted by atomic mass is 16.6. The molecule has 0 aromatic carbocycles. The molecule has 0 aliphatic rings. The van der Waals surface area contributed by atoms with Crippen LogP contribution in [0.4, 0.5) is 4.79 Å². The fourth-order valence-electron chi connectivity index (χ4n) is 1.03. The molecule has 0 bridgehead atoms. The summed E-state index contributed by atoms with van der Waals surface area (Å²) in [6.45, 7) is 7.56. The van der Waals surface area contributed by atoms with E-state index in [-0.39, 0.29) is 24.3 Å². The van der Waals surface area contributed by atoms with E-state index in [1.54, 1.807) is 0 Å². The van der Waals surface area contributed by atoms with Gasteiger partial charge in [-0.25, -0.2) is 4.79 Å². The third kappa shape index (κ3) is 7.86. The van der Waals surface area contributed by atoms with Crippen molar-refractivity contribution in [3.05, 3.63) is 0 Å². The molecule has 0 aliphatic heterocycles. The van der Waals surface area contributed by atoms with Gasteiger partial charge in [0.25, 0.3) is 0 Å². The van der Waals surface area contributed by atoms with Gasteiger partial charge in [-0.2, -0.15) is 0 Å². The van der Waals surface area contributed by atoms with Crippen LogP contribution in [-0.2, 0) is 4.74 Å². The zero-order chi connectivity index (χ0) is 11.1. The summed E-state index contributed by atoms with van der Waals surface area (Å²) >= 11 is 0. The van der Waals surface area contributed by atoms with Gasteiger partial charge in [-0.15, -0.1) is 0 Å². The largest absolute Gasteiger partial charge is 0.447 e. The molecule has 0 aliphatic carbocycles. The number of carbonyl (C=O) groups is 1. The monoisotopic (exact) mass is 202 g/mol. The Morgan fingerprint density at radius 3 is 2.29 bits per heavy atom. The zero-order valence-corrected chi connectivity index (χ0v) is 9.54. The quantitative estimate of drug-likeness (QED) is 0.712. The minimum absolute atomic E-state index is 0.0735. The van der Waals surface area contributed by atoms with Gasteiger partial charge in [0.2, 0.25) is 0 Å². The Kier molecular flexibility index (Phi) is 6.28. The third-order valence-corrected chi connectivity index (χ3v) is 1.76. The van der Waals surface area contributed by atoms with E-state index in [2.05, 4.69) is 5.32 Å². The molecule has 4 nitrogen and oxygen atoms in total. The highest BCUT2D eigenvalue weighted by Crippen LogP contribution is 2.00. The van der Waals surface area contributed by atoms with Gasteiger partial charge in [-0.3, -0.25) is 0 Å². The topological polar surface area (TPSA) is 64.3 Å². The molecule has 3 N–H and O–H groups in total. The molecule has 0 heterocycles. The van der Waals surface area contributed by atoms with Crippen LogP contribution in [0.25, 0.3) is 0 Å². The van der Waals surface area contributed by atoms with Crippen LogP contribution >= 0.6 is 0 Å². The van der Waals surface area contributed by atoms with Crippen molar-refractivity contribution >= 4 is 6.09 Å². The third-order valence-electron chi connectivity index (χ3n) is 1.76. The standard InChI is InChI=1S/C10H22N2O2/c1-7(2)14-10(13)12-9(4)6-5-8(3)11/h7-9H,5-6,11H2,1-4H3,(H,12,13). The average Bonchev–Trinajstić information content (AvgIpc) is 1.98. The Hall–Kier alpha value is -0.770. The molecule has 0 rings (SSSR count). The summed E-state index contributed by atoms with van der Waals surface area (Å²) in [5, 5.41) is 2.75. The number of nitrogens with one attached hydrogen (secondary N) is 1. The fourth-order valence-corrected chi connectivity index (χ4v) is 1.03. The van der Waals surface area contributed by atoms with Crippen molar-refractivity contribution in [2.75, 3.05) is 0 Å². The Balaban J connectivity index is 3.60. The molecule has 0 aromatic heterocycles. The first-order chi connectivity index (χ1) is 6.41. The van der Waals surface area contributed by atoms with Crippen molar-refractivity contribution < 1.29 is 9.53 Å². The molecule has 0 saturated heterocycles. The Bertz CT molecular complexity index is 170. The summed E-state index contributed by atoms with van der Waals surface area (Å²) in [4.78, 5) is 11.1. The van der Waals surface area contributed by atoms with Crippen molar-refractivity contribution in [1.29, 1.82) is 0 Å². The Morgan fingerprint density at radius 1 is 1.29 bits per heavy atom. The van der Waals surface area contributed by atoms with Crippen LogP contribution in [0, 0.1) is 0 Å². The number of amides is 1. The minimum Gasteiger partial charge on any atom is -0.447 e. The second kappa shape index (κ2) is 6.65. The van der Waals surface area contributed by atoms with Gasteiger partial charge >= 0.3 is 6.09 Å². The van der Waals surface area contributed by atoms with Gasteiger partial charge in [-0.05, 0) is 40.5 Å². The van der Waals surface area contributed by atoms with Crippen LogP contribution in [0.3, 0.4) is 0 Å². The lowest BCUT2D eigenvalue weighted by molar-refractivity contribution is 0.112. The normalized spacial score (nSPS) is 15.0. The molecule has 0 saturated carbocycles. The number of carbonyl (C=O) groups excluding carboxylic acids is 1. The zero-order valence-electron chi connectivity index (χ0n) is 9.54. The fraction of sp³-hybridized carbons (Fsp3) is 0.900. The summed E-state index contributed by atoms with van der Waals surface area (Å²) in [6.07, 6.45) is 1.36. The predicted octanol–water partition coefficient (Wildman–Crippen LogP) is 1.64. The molecule has 14 heavy (non-hydrogen) atoms. The van der Waals surface area contributed by atoms with E-state index in [0.717, 1.165) is 12.8 Å². The molecule has 84 valence electrons. The molecular formula is C10H22N2O2. The van der Waals surface area contributed by atoms with Crippen molar-refractivity contribution in [3.8, 4) is 0 Å². The molecule has 0 spiro atoms. The van der Waals surface area contributed by atoms with Crippen LogP contribution in [0.15, 0.2) is 0 Å². The van der Waals surface area contributed by atoms with E-state index in [9.17, 15) is 4.79 Å². The highest BCUT2D eigenvalue weighted by molar-refractivity contribution is 5.67. The van der Waals surface area contributed by atoms with Gasteiger partial charge in [0, 0.05) is 12.1 Å². The predicted molar refractivity (Wildman–Crippen MR) is 57.1 cm³/mol. The van der Waals surface area contributed by atoms with Gasteiger partial charge in [0.15, 0.2) is 0 Å². The highest BCUT2D eigenvalue weighted by Gasteiger charge is 2.09. The summed E-state index contributed by atoms with van der Waals surface area (Å²) in [7, 11) is 0. The lowest BCUT2D eigenvalue weighted by Gasteiger charge is -2.16. The Labute approximate surface area is 86.2 Å². The average molecular weight is 202 g/mol. The lowest BCUT2D eigenvalue weighted by atomic mass is 10.1. The summed E-state index contributed by atoms with van der Waals surface area (Å²) in [5.41, 5.74) is 5.61. The first-order valence-corrected chi connectivity index (χ1v) is 5.14. The maximum absolute atomic E-state index is 11.1. The number of hydrogen-bond donors (Lipinski definition) is 2. The van der Waals surface area contributed by atoms with E-state index in [0.29, 0.717) is 0 Å². The summed E-state index contributed by atoms with van der Waals surface area (Å²) in [5.74, 6) is 0. The van der Waals surface area contributed by atoms with Crippen molar-refractivity contribution in [2.24, 2.45) is 5.73 Å². The number of alkyl carbamates (subject to hydrolysis) is 1. The summed E-state index contributed by atoms with van der Waals surface area (Å²) < 4.78 is 4.95. The first kappa shape index (κ1) is 13.2. The molecule has 0 aromatic rings. The van der Waals surface area contributed by atoms with Crippen LogP contribution in [-0.4, -0.2) is 24.3 Å². The van der Waals surface area contributed by atoms with Gasteiger partial charge in [-0.1, -0.05) is 0 Å². The summed E-state index contributed by atoms with van der Waals surface area (Å²) in [6, 6.07) is 0.299. The van der Waals surface area contributed by atoms with Crippen molar-refractivity contribution in [2.45, 2.75) is 58.7 Å². The van der Waals surface area contributed by atoms with Crippen LogP contribution in [0.1, 0.15) is 40.5 Å². The molecule has 2 unspecified atom stereocenters. The minimum atomic E-state index is -0.350. The lowest BCUT2D eigenvalue weighted by Crippen LogP contribution is -2.35. The second-order valence-electron chi connectivity index (χ2n) is 4.05. The maximum Gasteiger partial charge on any atom is 0.407 e. The van der Waals surface area contributed by atoms with Gasteiger partial charge < -0.3 is 15.8 Å². The smallest absolute Gasteiger partial charge is 0.407 e. The Morgan fingerprint density at radius 2 is 1.86 bits per heavy atom. The number of hydrogen-bond acceptors (Lipinski definition) is 3. The van der Waals surface area contributed by atoms with Crippen molar-refractivity contribution in [3.63, 3.8) is 0 Å². The molecular weight excluding hydrogens is 180 g/mol. The van der Waals surface area contributed by atoms with E-state index < -0.39 is 0 Å². The second-order valence-corrected chi connectivity index (χ2v) is 4.05. The van der Waals surface area contributed by atoms with E-state index in [1.807, 2.05) is 27.7 Å². The van der Waals surface area contributed by atoms with E-state index in [4.69, 9.17) is 10.5 Å². The number of rotatable bonds is 5. The number of ether oxygens (including phenoxy) is 1. The van der Waals surface area contributed by atoms with Crippen LogP contribution in [0.2, 0.25) is 0 Å². The maximum atomic E-state index is 11.1. The van der Waals surface area contributed by atoms with Crippen LogP contribution < -0.4 is 11.1 Å². The van der Waals surface area contributed by atoms with Gasteiger partial charge in [0.05, 0.1) is 6.10 Å². The van der Waals surface area contributed by atoms with E-state index >= 15 is 0 Å². The molecule has 0 radical (unpaired) electrons. The SMILES string of the molecule is CC(N)CCC(C)NC(=O)OC(C)C. The first-order valence-electron chi connectivity index (χ1n) is 5.14. The van der Waals surface area contributed by atoms with E-state index in [1.165, 1.54) is 0 Å². The molecule has 1 amide bonds. The molecule has 2 atom stereocenters. The number of nitrogens with two attached hydrogens (primary N) is 1. The van der Waals surface area contributed by atoms with Gasteiger partial charge in [0.1, 0.15) is 0 Å².